The Hall–Kier alpha value is -1.83. The number of carbonyl (C=O) groups is 1. The van der Waals surface area contributed by atoms with Crippen molar-refractivity contribution >= 4 is 5.97 Å². The molecule has 0 spiro atoms. The van der Waals surface area contributed by atoms with Gasteiger partial charge in [-0.3, -0.25) is 9.53 Å². The Balaban J connectivity index is 2.70. The van der Waals surface area contributed by atoms with E-state index in [-0.39, 0.29) is 6.54 Å². The summed E-state index contributed by atoms with van der Waals surface area (Å²) in [6.07, 6.45) is -2.58. The van der Waals surface area contributed by atoms with Gasteiger partial charge < -0.3 is 9.67 Å². The van der Waals surface area contributed by atoms with Crippen LogP contribution in [0.1, 0.15) is 10.4 Å². The monoisotopic (exact) mass is 251 g/mol. The van der Waals surface area contributed by atoms with Gasteiger partial charge in [0.25, 0.3) is 0 Å². The first kappa shape index (κ1) is 13.2. The van der Waals surface area contributed by atoms with E-state index in [0.717, 1.165) is 16.8 Å². The van der Waals surface area contributed by atoms with Crippen LogP contribution in [0, 0.1) is 0 Å². The van der Waals surface area contributed by atoms with E-state index in [1.165, 1.54) is 6.20 Å². The first-order valence-electron chi connectivity index (χ1n) is 4.43. The van der Waals surface area contributed by atoms with Crippen molar-refractivity contribution in [2.24, 2.45) is 0 Å². The predicted octanol–water partition coefficient (Wildman–Crippen LogP) is 1.08. The highest BCUT2D eigenvalue weighted by atomic mass is 19.4. The third-order valence-electron chi connectivity index (χ3n) is 1.82. The predicted molar refractivity (Wildman–Crippen MR) is 49.7 cm³/mol. The molecular formula is C9H8F3NO4. The van der Waals surface area contributed by atoms with Crippen LogP contribution >= 0.6 is 0 Å². The van der Waals surface area contributed by atoms with Gasteiger partial charge in [0, 0.05) is 25.0 Å². The Bertz CT molecular complexity index is 466. The van der Waals surface area contributed by atoms with Gasteiger partial charge in [-0.1, -0.05) is 0 Å². The first-order chi connectivity index (χ1) is 7.79. The van der Waals surface area contributed by atoms with E-state index in [0.29, 0.717) is 0 Å². The molecule has 0 aromatic carbocycles. The van der Waals surface area contributed by atoms with Crippen LogP contribution in [0.25, 0.3) is 0 Å². The van der Waals surface area contributed by atoms with E-state index >= 15 is 0 Å². The zero-order valence-corrected chi connectivity index (χ0v) is 8.40. The van der Waals surface area contributed by atoms with Crippen molar-refractivity contribution in [1.29, 1.82) is 0 Å². The van der Waals surface area contributed by atoms with Crippen molar-refractivity contribution in [1.82, 2.24) is 4.57 Å². The van der Waals surface area contributed by atoms with Gasteiger partial charge in [0.15, 0.2) is 5.43 Å². The van der Waals surface area contributed by atoms with Crippen molar-refractivity contribution in [3.05, 3.63) is 34.2 Å². The zero-order chi connectivity index (χ0) is 13.1. The van der Waals surface area contributed by atoms with Crippen molar-refractivity contribution in [3.63, 3.8) is 0 Å². The fourth-order valence-electron chi connectivity index (χ4n) is 1.09. The average Bonchev–Trinajstić information content (AvgIpc) is 2.18. The van der Waals surface area contributed by atoms with Crippen LogP contribution in [0.4, 0.5) is 13.2 Å². The van der Waals surface area contributed by atoms with Crippen molar-refractivity contribution in [2.75, 3.05) is 6.61 Å². The third-order valence-corrected chi connectivity index (χ3v) is 1.82. The highest BCUT2D eigenvalue weighted by Crippen LogP contribution is 2.15. The number of carboxylic acids is 1. The van der Waals surface area contributed by atoms with Gasteiger partial charge in [-0.2, -0.15) is 0 Å². The molecule has 0 bridgehead atoms. The molecule has 0 fully saturated rings. The molecule has 0 aliphatic carbocycles. The van der Waals surface area contributed by atoms with Gasteiger partial charge in [-0.25, -0.2) is 4.79 Å². The molecule has 1 rings (SSSR count). The molecule has 0 aliphatic heterocycles. The number of carboxylic acid groups (broad SMARTS) is 1. The highest BCUT2D eigenvalue weighted by molar-refractivity contribution is 5.86. The number of nitrogens with zero attached hydrogens (tertiary/aromatic N) is 1. The molecule has 0 amide bonds. The number of hydrogen-bond acceptors (Lipinski definition) is 3. The molecule has 0 unspecified atom stereocenters. The normalized spacial score (nSPS) is 11.5. The van der Waals surface area contributed by atoms with Crippen molar-refractivity contribution in [2.45, 2.75) is 12.9 Å². The van der Waals surface area contributed by atoms with E-state index in [1.807, 2.05) is 0 Å². The lowest BCUT2D eigenvalue weighted by Crippen LogP contribution is -2.20. The summed E-state index contributed by atoms with van der Waals surface area (Å²) in [5, 5.41) is 8.62. The molecule has 0 radical (unpaired) electrons. The van der Waals surface area contributed by atoms with Crippen molar-refractivity contribution < 1.29 is 27.8 Å². The number of rotatable bonds is 4. The van der Waals surface area contributed by atoms with E-state index in [1.54, 1.807) is 0 Å². The molecule has 1 aromatic heterocycles. The lowest BCUT2D eigenvalue weighted by Gasteiger charge is -2.09. The van der Waals surface area contributed by atoms with Gasteiger partial charge in [-0.05, 0) is 0 Å². The molecule has 5 nitrogen and oxygen atoms in total. The summed E-state index contributed by atoms with van der Waals surface area (Å²) in [5.41, 5.74) is -1.20. The van der Waals surface area contributed by atoms with Crippen LogP contribution < -0.4 is 5.43 Å². The summed E-state index contributed by atoms with van der Waals surface area (Å²) in [7, 11) is 0. The van der Waals surface area contributed by atoms with Crippen LogP contribution in [0.15, 0.2) is 23.3 Å². The second kappa shape index (κ2) is 5.00. The summed E-state index contributed by atoms with van der Waals surface area (Å²) in [6, 6.07) is 0.969. The Morgan fingerprint density at radius 2 is 2.12 bits per heavy atom. The molecular weight excluding hydrogens is 243 g/mol. The maximum absolute atomic E-state index is 11.7. The van der Waals surface area contributed by atoms with E-state index in [9.17, 15) is 22.8 Å². The molecule has 0 atom stereocenters. The molecule has 17 heavy (non-hydrogen) atoms. The molecule has 1 N–H and O–H groups in total. The number of hydrogen-bond donors (Lipinski definition) is 1. The molecule has 8 heteroatoms. The number of pyridine rings is 1. The van der Waals surface area contributed by atoms with Gasteiger partial charge in [0.1, 0.15) is 5.56 Å². The summed E-state index contributed by atoms with van der Waals surface area (Å²) in [4.78, 5) is 21.6. The molecule has 0 aliphatic rings. The minimum Gasteiger partial charge on any atom is -0.477 e. The van der Waals surface area contributed by atoms with E-state index in [4.69, 9.17) is 5.11 Å². The van der Waals surface area contributed by atoms with Crippen LogP contribution in [-0.4, -0.2) is 28.6 Å². The second-order valence-corrected chi connectivity index (χ2v) is 3.06. The van der Waals surface area contributed by atoms with Gasteiger partial charge in [-0.15, -0.1) is 13.2 Å². The van der Waals surface area contributed by atoms with Crippen LogP contribution in [0.5, 0.6) is 0 Å². The van der Waals surface area contributed by atoms with Gasteiger partial charge in [0.05, 0.1) is 6.61 Å². The first-order valence-corrected chi connectivity index (χ1v) is 4.43. The molecule has 94 valence electrons. The van der Waals surface area contributed by atoms with Crippen LogP contribution in [0.3, 0.4) is 0 Å². The highest BCUT2D eigenvalue weighted by Gasteiger charge is 2.28. The van der Waals surface area contributed by atoms with Crippen molar-refractivity contribution in [3.8, 4) is 0 Å². The minimum absolute atomic E-state index is 0.208. The zero-order valence-electron chi connectivity index (χ0n) is 8.40. The Labute approximate surface area is 93.0 Å². The second-order valence-electron chi connectivity index (χ2n) is 3.06. The average molecular weight is 251 g/mol. The molecule has 1 heterocycles. The molecule has 0 saturated carbocycles. The molecule has 1 aromatic rings. The van der Waals surface area contributed by atoms with Gasteiger partial charge >= 0.3 is 12.3 Å². The fraction of sp³-hybridized carbons (Fsp3) is 0.333. The summed E-state index contributed by atoms with van der Waals surface area (Å²) < 4.78 is 39.6. The van der Waals surface area contributed by atoms with E-state index < -0.39 is 29.9 Å². The van der Waals surface area contributed by atoms with Crippen LogP contribution in [-0.2, 0) is 11.3 Å². The Morgan fingerprint density at radius 3 is 2.65 bits per heavy atom. The van der Waals surface area contributed by atoms with E-state index in [2.05, 4.69) is 4.74 Å². The fourth-order valence-corrected chi connectivity index (χ4v) is 1.09. The number of alkyl halides is 3. The summed E-state index contributed by atoms with van der Waals surface area (Å²) in [6.45, 7) is -0.870. The Kier molecular flexibility index (Phi) is 3.89. The lowest BCUT2D eigenvalue weighted by atomic mass is 10.3. The quantitative estimate of drug-likeness (QED) is 0.869. The number of halogens is 3. The van der Waals surface area contributed by atoms with Crippen LogP contribution in [0.2, 0.25) is 0 Å². The molecule has 0 saturated heterocycles. The minimum atomic E-state index is -4.73. The Morgan fingerprint density at radius 1 is 1.47 bits per heavy atom. The summed E-state index contributed by atoms with van der Waals surface area (Å²) in [5.74, 6) is -1.43. The maximum Gasteiger partial charge on any atom is 0.522 e. The lowest BCUT2D eigenvalue weighted by molar-refractivity contribution is -0.325. The third kappa shape index (κ3) is 4.27. The number of aromatic carboxylic acids is 1. The largest absolute Gasteiger partial charge is 0.522 e. The number of ether oxygens (including phenoxy) is 1. The smallest absolute Gasteiger partial charge is 0.477 e. The standard InChI is InChI=1S/C9H8F3NO4/c10-9(11,12)17-4-3-13-2-1-7(14)6(5-13)8(15)16/h1-2,5H,3-4H2,(H,15,16). The number of aromatic nitrogens is 1. The summed E-state index contributed by atoms with van der Waals surface area (Å²) >= 11 is 0. The topological polar surface area (TPSA) is 68.5 Å². The maximum atomic E-state index is 11.7. The van der Waals surface area contributed by atoms with Gasteiger partial charge in [0.2, 0.25) is 0 Å². The SMILES string of the molecule is O=C(O)c1cn(CCOC(F)(F)F)ccc1=O.